The topological polar surface area (TPSA) is 76.9 Å². The van der Waals surface area contributed by atoms with Gasteiger partial charge in [0.2, 0.25) is 0 Å². The van der Waals surface area contributed by atoms with Gasteiger partial charge in [0.15, 0.2) is 0 Å². The van der Waals surface area contributed by atoms with Crippen LogP contribution in [0.4, 0.5) is 19.0 Å². The number of nitrogens with zero attached hydrogens (tertiary/aromatic N) is 3. The Morgan fingerprint density at radius 1 is 1.26 bits per heavy atom. The van der Waals surface area contributed by atoms with E-state index >= 15 is 0 Å². The molecule has 2 aromatic rings. The summed E-state index contributed by atoms with van der Waals surface area (Å²) in [6, 6.07) is 2.96. The monoisotopic (exact) mass is 348 g/mol. The second kappa shape index (κ2) is 6.19. The van der Waals surface area contributed by atoms with Crippen LogP contribution in [0.25, 0.3) is 0 Å². The van der Waals surface area contributed by atoms with Crippen molar-refractivity contribution in [2.45, 2.75) is 31.5 Å². The highest BCUT2D eigenvalue weighted by molar-refractivity contribution is 7.92. The Morgan fingerprint density at radius 3 is 2.48 bits per heavy atom. The molecule has 0 atom stereocenters. The fourth-order valence-electron chi connectivity index (χ4n) is 1.81. The summed E-state index contributed by atoms with van der Waals surface area (Å²) in [7, 11) is -4.04. The smallest absolute Gasteiger partial charge is 0.264 e. The first-order chi connectivity index (χ1) is 10.6. The molecule has 2 heterocycles. The third-order valence-corrected chi connectivity index (χ3v) is 4.17. The van der Waals surface area contributed by atoms with Crippen molar-refractivity contribution >= 4 is 15.8 Å². The Balaban J connectivity index is 2.24. The van der Waals surface area contributed by atoms with Gasteiger partial charge in [-0.25, -0.2) is 13.1 Å². The van der Waals surface area contributed by atoms with E-state index in [-0.39, 0.29) is 16.6 Å². The molecule has 0 aromatic carbocycles. The van der Waals surface area contributed by atoms with Gasteiger partial charge in [0.25, 0.3) is 10.0 Å². The predicted molar refractivity (Wildman–Crippen MR) is 77.1 cm³/mol. The maximum Gasteiger partial charge on any atom is 0.433 e. The van der Waals surface area contributed by atoms with Crippen molar-refractivity contribution < 1.29 is 21.6 Å². The van der Waals surface area contributed by atoms with Crippen LogP contribution in [0, 0.1) is 5.92 Å². The van der Waals surface area contributed by atoms with Crippen LogP contribution in [0.2, 0.25) is 0 Å². The van der Waals surface area contributed by atoms with Gasteiger partial charge in [-0.05, 0) is 18.1 Å². The van der Waals surface area contributed by atoms with E-state index in [9.17, 15) is 21.6 Å². The van der Waals surface area contributed by atoms with Crippen molar-refractivity contribution in [2.24, 2.45) is 5.92 Å². The number of rotatable bonds is 5. The third-order valence-electron chi connectivity index (χ3n) is 2.83. The molecule has 0 aliphatic carbocycles. The van der Waals surface area contributed by atoms with Gasteiger partial charge in [0.05, 0.1) is 6.20 Å². The van der Waals surface area contributed by atoms with E-state index < -0.39 is 21.9 Å². The quantitative estimate of drug-likeness (QED) is 0.901. The molecule has 23 heavy (non-hydrogen) atoms. The van der Waals surface area contributed by atoms with Gasteiger partial charge in [0, 0.05) is 18.8 Å². The highest BCUT2D eigenvalue weighted by Gasteiger charge is 2.32. The second-order valence-corrected chi connectivity index (χ2v) is 6.96. The van der Waals surface area contributed by atoms with Crippen LogP contribution in [-0.4, -0.2) is 23.2 Å². The van der Waals surface area contributed by atoms with E-state index in [2.05, 4.69) is 14.8 Å². The van der Waals surface area contributed by atoms with E-state index in [0.717, 1.165) is 6.07 Å². The maximum atomic E-state index is 12.5. The van der Waals surface area contributed by atoms with E-state index in [1.54, 1.807) is 0 Å². The minimum atomic E-state index is -4.62. The summed E-state index contributed by atoms with van der Waals surface area (Å²) in [6.45, 7) is 4.38. The Hall–Kier alpha value is -2.10. The third kappa shape index (κ3) is 4.21. The summed E-state index contributed by atoms with van der Waals surface area (Å²) in [6.07, 6.45) is -2.51. The summed E-state index contributed by atoms with van der Waals surface area (Å²) >= 11 is 0. The lowest BCUT2D eigenvalue weighted by Crippen LogP contribution is -2.18. The molecule has 0 bridgehead atoms. The molecule has 0 aliphatic heterocycles. The van der Waals surface area contributed by atoms with Crippen LogP contribution in [-0.2, 0) is 22.7 Å². The first-order valence-electron chi connectivity index (χ1n) is 6.67. The van der Waals surface area contributed by atoms with Gasteiger partial charge < -0.3 is 0 Å². The molecule has 0 aliphatic rings. The van der Waals surface area contributed by atoms with Crippen LogP contribution in [0.1, 0.15) is 19.5 Å². The van der Waals surface area contributed by atoms with Crippen molar-refractivity contribution in [2.75, 3.05) is 4.72 Å². The van der Waals surface area contributed by atoms with Gasteiger partial charge in [-0.2, -0.15) is 18.3 Å². The van der Waals surface area contributed by atoms with Crippen LogP contribution in [0.15, 0.2) is 35.5 Å². The number of anilines is 1. The zero-order valence-corrected chi connectivity index (χ0v) is 13.2. The SMILES string of the molecule is CC(C)Cn1nccc1NS(=O)(=O)c1ccc(C(F)(F)F)nc1. The molecule has 2 aromatic heterocycles. The molecule has 6 nitrogen and oxygen atoms in total. The molecule has 126 valence electrons. The maximum absolute atomic E-state index is 12.5. The molecule has 0 spiro atoms. The number of alkyl halides is 3. The predicted octanol–water partition coefficient (Wildman–Crippen LogP) is 2.75. The number of hydrogen-bond acceptors (Lipinski definition) is 4. The van der Waals surface area contributed by atoms with Crippen LogP contribution in [0.3, 0.4) is 0 Å². The molecule has 0 saturated carbocycles. The molecule has 2 rings (SSSR count). The minimum absolute atomic E-state index is 0.235. The Morgan fingerprint density at radius 2 is 1.96 bits per heavy atom. The number of halogens is 3. The first kappa shape index (κ1) is 17.3. The zero-order chi connectivity index (χ0) is 17.3. The summed E-state index contributed by atoms with van der Waals surface area (Å²) in [4.78, 5) is 2.79. The molecule has 0 radical (unpaired) electrons. The fourth-order valence-corrected chi connectivity index (χ4v) is 2.82. The number of pyridine rings is 1. The molecular formula is C13H15F3N4O2S. The Kier molecular flexibility index (Phi) is 4.64. The van der Waals surface area contributed by atoms with Crippen LogP contribution in [0.5, 0.6) is 0 Å². The normalized spacial score (nSPS) is 12.6. The van der Waals surface area contributed by atoms with E-state index in [4.69, 9.17) is 0 Å². The lowest BCUT2D eigenvalue weighted by atomic mass is 10.2. The van der Waals surface area contributed by atoms with Crippen molar-refractivity contribution in [1.82, 2.24) is 14.8 Å². The van der Waals surface area contributed by atoms with Gasteiger partial charge in [-0.15, -0.1) is 0 Å². The van der Waals surface area contributed by atoms with Crippen molar-refractivity contribution in [3.05, 3.63) is 36.3 Å². The highest BCUT2D eigenvalue weighted by Crippen LogP contribution is 2.28. The number of nitrogens with one attached hydrogen (secondary N) is 1. The lowest BCUT2D eigenvalue weighted by molar-refractivity contribution is -0.141. The number of sulfonamides is 1. The molecule has 0 fully saturated rings. The summed E-state index contributed by atoms with van der Waals surface area (Å²) < 4.78 is 65.6. The minimum Gasteiger partial charge on any atom is -0.264 e. The number of aromatic nitrogens is 3. The van der Waals surface area contributed by atoms with E-state index in [0.29, 0.717) is 18.8 Å². The Labute approximate surface area is 131 Å². The van der Waals surface area contributed by atoms with Gasteiger partial charge in [-0.1, -0.05) is 13.8 Å². The van der Waals surface area contributed by atoms with Crippen LogP contribution < -0.4 is 4.72 Å². The highest BCUT2D eigenvalue weighted by atomic mass is 32.2. The first-order valence-corrected chi connectivity index (χ1v) is 8.16. The van der Waals surface area contributed by atoms with Gasteiger partial charge in [0.1, 0.15) is 16.4 Å². The van der Waals surface area contributed by atoms with Gasteiger partial charge in [-0.3, -0.25) is 9.71 Å². The average molecular weight is 348 g/mol. The van der Waals surface area contributed by atoms with E-state index in [1.165, 1.54) is 16.9 Å². The summed E-state index contributed by atoms with van der Waals surface area (Å²) in [5, 5.41) is 4.01. The van der Waals surface area contributed by atoms with Crippen LogP contribution >= 0.6 is 0 Å². The summed E-state index contributed by atoms with van der Waals surface area (Å²) in [5.41, 5.74) is -1.15. The summed E-state index contributed by atoms with van der Waals surface area (Å²) in [5.74, 6) is 0.476. The van der Waals surface area contributed by atoms with Crippen molar-refractivity contribution in [3.8, 4) is 0 Å². The molecule has 10 heteroatoms. The number of hydrogen-bond donors (Lipinski definition) is 1. The molecular weight excluding hydrogens is 333 g/mol. The molecule has 0 unspecified atom stereocenters. The molecule has 1 N–H and O–H groups in total. The van der Waals surface area contributed by atoms with Gasteiger partial charge >= 0.3 is 6.18 Å². The lowest BCUT2D eigenvalue weighted by Gasteiger charge is -2.12. The second-order valence-electron chi connectivity index (χ2n) is 5.27. The Bertz CT molecular complexity index is 767. The van der Waals surface area contributed by atoms with E-state index in [1.807, 2.05) is 13.8 Å². The molecule has 0 saturated heterocycles. The molecule has 0 amide bonds. The fraction of sp³-hybridized carbons (Fsp3) is 0.385. The van der Waals surface area contributed by atoms with Crippen molar-refractivity contribution in [1.29, 1.82) is 0 Å². The zero-order valence-electron chi connectivity index (χ0n) is 12.4. The standard InChI is InChI=1S/C13H15F3N4O2S/c1-9(2)8-20-12(5-6-18-20)19-23(21,22)10-3-4-11(17-7-10)13(14,15)16/h3-7,9,19H,8H2,1-2H3. The largest absolute Gasteiger partial charge is 0.433 e. The van der Waals surface area contributed by atoms with Crippen molar-refractivity contribution in [3.63, 3.8) is 0 Å². The average Bonchev–Trinajstić information content (AvgIpc) is 2.83.